The SMILES string of the molecule is c1ccc(-c2nc(-c3ccccc3)nc(-c3cccc(-c4cccc(-c5ccc6oc7c(c6c5)c5ccccc5c5nc6ccccc6n57)c4)c3)n2)cc1. The van der Waals surface area contributed by atoms with Gasteiger partial charge >= 0.3 is 0 Å². The molecule has 0 bridgehead atoms. The van der Waals surface area contributed by atoms with Crippen LogP contribution in [-0.4, -0.2) is 24.3 Å². The van der Waals surface area contributed by atoms with Crippen molar-refractivity contribution < 1.29 is 4.42 Å². The van der Waals surface area contributed by atoms with Crippen LogP contribution in [0.3, 0.4) is 0 Å². The van der Waals surface area contributed by atoms with Crippen LogP contribution in [0.2, 0.25) is 0 Å². The summed E-state index contributed by atoms with van der Waals surface area (Å²) >= 11 is 0. The highest BCUT2D eigenvalue weighted by molar-refractivity contribution is 6.22. The van der Waals surface area contributed by atoms with Gasteiger partial charge in [-0.15, -0.1) is 0 Å². The van der Waals surface area contributed by atoms with Crippen molar-refractivity contribution in [1.82, 2.24) is 24.3 Å². The van der Waals surface area contributed by atoms with Crippen molar-refractivity contribution in [2.24, 2.45) is 0 Å². The molecule has 0 aliphatic heterocycles. The van der Waals surface area contributed by atoms with Crippen LogP contribution in [0.1, 0.15) is 0 Å². The first-order valence-electron chi connectivity index (χ1n) is 18.0. The number of benzene rings is 7. The fraction of sp³-hybridized carbons (Fsp3) is 0. The van der Waals surface area contributed by atoms with Gasteiger partial charge in [0.25, 0.3) is 0 Å². The maximum absolute atomic E-state index is 6.66. The molecule has 6 nitrogen and oxygen atoms in total. The van der Waals surface area contributed by atoms with Gasteiger partial charge in [-0.1, -0.05) is 140 Å². The number of pyridine rings is 1. The van der Waals surface area contributed by atoms with Crippen LogP contribution >= 0.6 is 0 Å². The number of hydrogen-bond acceptors (Lipinski definition) is 5. The van der Waals surface area contributed by atoms with Crippen LogP contribution < -0.4 is 0 Å². The zero-order valence-corrected chi connectivity index (χ0v) is 28.9. The summed E-state index contributed by atoms with van der Waals surface area (Å²) in [4.78, 5) is 19.8. The first kappa shape index (κ1) is 30.2. The molecule has 0 N–H and O–H groups in total. The molecule has 4 heterocycles. The van der Waals surface area contributed by atoms with Crippen molar-refractivity contribution in [1.29, 1.82) is 0 Å². The quantitative estimate of drug-likeness (QED) is 0.180. The van der Waals surface area contributed by atoms with E-state index in [2.05, 4.69) is 114 Å². The van der Waals surface area contributed by atoms with Gasteiger partial charge in [0.1, 0.15) is 11.2 Å². The van der Waals surface area contributed by atoms with E-state index in [0.717, 1.165) is 88.5 Å². The second-order valence-corrected chi connectivity index (χ2v) is 13.5. The monoisotopic (exact) mass is 691 g/mol. The number of rotatable bonds is 5. The van der Waals surface area contributed by atoms with E-state index in [4.69, 9.17) is 24.4 Å². The average molecular weight is 692 g/mol. The van der Waals surface area contributed by atoms with Crippen LogP contribution in [0.25, 0.3) is 106 Å². The molecule has 7 aromatic carbocycles. The summed E-state index contributed by atoms with van der Waals surface area (Å²) < 4.78 is 8.82. The number of nitrogens with zero attached hydrogens (tertiary/aromatic N) is 5. The molecule has 0 amide bonds. The summed E-state index contributed by atoms with van der Waals surface area (Å²) in [6.45, 7) is 0. The molecule has 252 valence electrons. The third-order valence-electron chi connectivity index (χ3n) is 10.2. The summed E-state index contributed by atoms with van der Waals surface area (Å²) in [6.07, 6.45) is 0. The molecule has 0 radical (unpaired) electrons. The van der Waals surface area contributed by atoms with Crippen LogP contribution in [0.5, 0.6) is 0 Å². The van der Waals surface area contributed by atoms with Gasteiger partial charge in [0, 0.05) is 27.5 Å². The Balaban J connectivity index is 1.03. The first-order chi connectivity index (χ1) is 26.7. The van der Waals surface area contributed by atoms with Gasteiger partial charge in [0.2, 0.25) is 5.71 Å². The van der Waals surface area contributed by atoms with Crippen LogP contribution in [0.15, 0.2) is 180 Å². The van der Waals surface area contributed by atoms with Crippen LogP contribution in [0, 0.1) is 0 Å². The molecule has 11 aromatic rings. The Kier molecular flexibility index (Phi) is 6.75. The Morgan fingerprint density at radius 2 is 0.889 bits per heavy atom. The van der Waals surface area contributed by atoms with Gasteiger partial charge in [0.05, 0.1) is 16.4 Å². The molecule has 0 unspecified atom stereocenters. The van der Waals surface area contributed by atoms with Crippen molar-refractivity contribution in [2.75, 3.05) is 0 Å². The van der Waals surface area contributed by atoms with Gasteiger partial charge in [0.15, 0.2) is 17.5 Å². The van der Waals surface area contributed by atoms with E-state index in [1.54, 1.807) is 0 Å². The Labute approximate surface area is 309 Å². The summed E-state index contributed by atoms with van der Waals surface area (Å²) in [5.74, 6) is 1.91. The van der Waals surface area contributed by atoms with E-state index in [-0.39, 0.29) is 0 Å². The molecule has 6 heteroatoms. The normalized spacial score (nSPS) is 11.7. The summed E-state index contributed by atoms with van der Waals surface area (Å²) in [5, 5.41) is 4.38. The molecule has 0 aliphatic carbocycles. The van der Waals surface area contributed by atoms with Crippen molar-refractivity contribution >= 4 is 49.5 Å². The lowest BCUT2D eigenvalue weighted by molar-refractivity contribution is 0.650. The second kappa shape index (κ2) is 12.1. The van der Waals surface area contributed by atoms with Gasteiger partial charge in [-0.25, -0.2) is 19.9 Å². The molecule has 0 fully saturated rings. The molecule has 0 saturated heterocycles. The number of furan rings is 1. The summed E-state index contributed by atoms with van der Waals surface area (Å²) in [5.41, 5.74) is 11.7. The standard InChI is InChI=1S/C48H29N5O/c1-3-13-30(14-4-1)44-50-45(31-15-5-2-6-16-31)52-46(51-44)36-20-12-19-34(28-36)32-17-11-18-33(27-32)35-25-26-42-39(29-35)43-37-21-7-8-22-38(37)47-49-40-23-9-10-24-41(40)53(47)48(43)54-42/h1-29H. The van der Waals surface area contributed by atoms with Gasteiger partial charge in [-0.05, 0) is 64.0 Å². The van der Waals surface area contributed by atoms with Crippen molar-refractivity contribution in [3.63, 3.8) is 0 Å². The second-order valence-electron chi connectivity index (χ2n) is 13.5. The minimum absolute atomic E-state index is 0.630. The van der Waals surface area contributed by atoms with Crippen molar-refractivity contribution in [3.05, 3.63) is 176 Å². The van der Waals surface area contributed by atoms with Gasteiger partial charge in [-0.3, -0.25) is 4.40 Å². The molecule has 0 saturated carbocycles. The topological polar surface area (TPSA) is 69.1 Å². The highest BCUT2D eigenvalue weighted by atomic mass is 16.3. The average Bonchev–Trinajstić information content (AvgIpc) is 3.83. The molecule has 54 heavy (non-hydrogen) atoms. The molecule has 11 rings (SSSR count). The molecule has 4 aromatic heterocycles. The molecule has 0 atom stereocenters. The lowest BCUT2D eigenvalue weighted by atomic mass is 9.96. The molecular weight excluding hydrogens is 663 g/mol. The Morgan fingerprint density at radius 1 is 0.370 bits per heavy atom. The van der Waals surface area contributed by atoms with E-state index in [1.807, 2.05) is 66.7 Å². The van der Waals surface area contributed by atoms with Crippen molar-refractivity contribution in [2.45, 2.75) is 0 Å². The van der Waals surface area contributed by atoms with Crippen molar-refractivity contribution in [3.8, 4) is 56.4 Å². The Hall–Kier alpha value is -7.44. The largest absolute Gasteiger partial charge is 0.439 e. The third kappa shape index (κ3) is 4.89. The lowest BCUT2D eigenvalue weighted by Crippen LogP contribution is -2.00. The highest BCUT2D eigenvalue weighted by Gasteiger charge is 2.20. The molecular formula is C48H29N5O. The number of hydrogen-bond donors (Lipinski definition) is 0. The van der Waals surface area contributed by atoms with E-state index < -0.39 is 0 Å². The number of para-hydroxylation sites is 2. The molecule has 0 aliphatic rings. The minimum Gasteiger partial charge on any atom is -0.439 e. The predicted octanol–water partition coefficient (Wildman–Crippen LogP) is 12.1. The van der Waals surface area contributed by atoms with E-state index in [9.17, 15) is 0 Å². The lowest BCUT2D eigenvalue weighted by Gasteiger charge is -2.10. The maximum atomic E-state index is 6.66. The third-order valence-corrected chi connectivity index (χ3v) is 10.2. The fourth-order valence-electron chi connectivity index (χ4n) is 7.64. The first-order valence-corrected chi connectivity index (χ1v) is 18.0. The summed E-state index contributed by atoms with van der Waals surface area (Å²) in [6, 6.07) is 60.5. The van der Waals surface area contributed by atoms with Crippen LogP contribution in [0.4, 0.5) is 0 Å². The molecule has 0 spiro atoms. The van der Waals surface area contributed by atoms with Gasteiger partial charge < -0.3 is 4.42 Å². The summed E-state index contributed by atoms with van der Waals surface area (Å²) in [7, 11) is 0. The van der Waals surface area contributed by atoms with E-state index in [1.165, 1.54) is 0 Å². The number of imidazole rings is 1. The van der Waals surface area contributed by atoms with Gasteiger partial charge in [-0.2, -0.15) is 0 Å². The number of aromatic nitrogens is 5. The van der Waals surface area contributed by atoms with E-state index >= 15 is 0 Å². The zero-order chi connectivity index (χ0) is 35.6. The zero-order valence-electron chi connectivity index (χ0n) is 28.9. The Morgan fingerprint density at radius 3 is 1.57 bits per heavy atom. The smallest absolute Gasteiger partial charge is 0.215 e. The highest BCUT2D eigenvalue weighted by Crippen LogP contribution is 2.40. The predicted molar refractivity (Wildman–Crippen MR) is 218 cm³/mol. The minimum atomic E-state index is 0.630. The Bertz CT molecular complexity index is 3160. The fourth-order valence-corrected chi connectivity index (χ4v) is 7.64. The maximum Gasteiger partial charge on any atom is 0.215 e. The number of fused-ring (bicyclic) bond motifs is 10. The van der Waals surface area contributed by atoms with E-state index in [0.29, 0.717) is 17.5 Å². The van der Waals surface area contributed by atoms with Crippen LogP contribution in [-0.2, 0) is 0 Å².